The van der Waals surface area contributed by atoms with E-state index < -0.39 is 0 Å². The normalized spacial score (nSPS) is 11.7. The monoisotopic (exact) mass is 289 g/mol. The van der Waals surface area contributed by atoms with Crippen LogP contribution >= 0.6 is 0 Å². The molecule has 7 nitrogen and oxygen atoms in total. The van der Waals surface area contributed by atoms with Crippen LogP contribution in [0.2, 0.25) is 0 Å². The molecule has 0 unspecified atom stereocenters. The van der Waals surface area contributed by atoms with Gasteiger partial charge in [0.25, 0.3) is 0 Å². The van der Waals surface area contributed by atoms with Gasteiger partial charge in [-0.3, -0.25) is 14.4 Å². The second-order valence-electron chi connectivity index (χ2n) is 4.92. The van der Waals surface area contributed by atoms with E-state index in [2.05, 4.69) is 32.0 Å². The minimum atomic E-state index is 0.707. The summed E-state index contributed by atoms with van der Waals surface area (Å²) in [6, 6.07) is 1.99. The molecule has 2 heterocycles. The molecular formula is C14H23N7. The van der Waals surface area contributed by atoms with Gasteiger partial charge in [-0.25, -0.2) is 0 Å². The highest BCUT2D eigenvalue weighted by Gasteiger charge is 2.01. The Bertz CT molecular complexity index is 582. The molecule has 0 bridgehead atoms. The zero-order valence-electron chi connectivity index (χ0n) is 12.9. The SMILES string of the molecule is CN=C(NCCCc1cnn(C)c1)NCc1ccnn1C. The van der Waals surface area contributed by atoms with Crippen LogP contribution in [-0.4, -0.2) is 39.1 Å². The van der Waals surface area contributed by atoms with Crippen molar-refractivity contribution in [1.29, 1.82) is 0 Å². The van der Waals surface area contributed by atoms with Crippen LogP contribution in [0.25, 0.3) is 0 Å². The maximum absolute atomic E-state index is 4.21. The lowest BCUT2D eigenvalue weighted by atomic mass is 10.2. The summed E-state index contributed by atoms with van der Waals surface area (Å²) in [7, 11) is 5.65. The van der Waals surface area contributed by atoms with E-state index in [4.69, 9.17) is 0 Å². The van der Waals surface area contributed by atoms with Crippen molar-refractivity contribution in [3.63, 3.8) is 0 Å². The van der Waals surface area contributed by atoms with E-state index in [9.17, 15) is 0 Å². The molecule has 0 aliphatic carbocycles. The number of rotatable bonds is 6. The number of hydrogen-bond acceptors (Lipinski definition) is 3. The summed E-state index contributed by atoms with van der Waals surface area (Å²) in [5, 5.41) is 14.9. The fraction of sp³-hybridized carbons (Fsp3) is 0.500. The lowest BCUT2D eigenvalue weighted by molar-refractivity contribution is 0.679. The van der Waals surface area contributed by atoms with Crippen molar-refractivity contribution in [2.24, 2.45) is 19.1 Å². The summed E-state index contributed by atoms with van der Waals surface area (Å²) < 4.78 is 3.68. The minimum absolute atomic E-state index is 0.707. The van der Waals surface area contributed by atoms with Gasteiger partial charge in [0, 0.05) is 40.1 Å². The van der Waals surface area contributed by atoms with Crippen LogP contribution in [0.1, 0.15) is 17.7 Å². The third-order valence-corrected chi connectivity index (χ3v) is 3.28. The van der Waals surface area contributed by atoms with Crippen LogP contribution in [0.5, 0.6) is 0 Å². The third kappa shape index (κ3) is 4.62. The number of aryl methyl sites for hydroxylation is 3. The number of nitrogens with zero attached hydrogens (tertiary/aromatic N) is 5. The molecule has 0 fully saturated rings. The van der Waals surface area contributed by atoms with E-state index in [0.717, 1.165) is 31.0 Å². The van der Waals surface area contributed by atoms with Gasteiger partial charge in [0.05, 0.1) is 18.4 Å². The Kier molecular flexibility index (Phi) is 5.36. The molecule has 114 valence electrons. The smallest absolute Gasteiger partial charge is 0.191 e. The maximum Gasteiger partial charge on any atom is 0.191 e. The summed E-state index contributed by atoms with van der Waals surface area (Å²) in [4.78, 5) is 4.21. The number of hydrogen-bond donors (Lipinski definition) is 2. The molecule has 21 heavy (non-hydrogen) atoms. The Morgan fingerprint density at radius 1 is 1.29 bits per heavy atom. The van der Waals surface area contributed by atoms with Crippen LogP contribution in [0.4, 0.5) is 0 Å². The Morgan fingerprint density at radius 2 is 2.14 bits per heavy atom. The third-order valence-electron chi connectivity index (χ3n) is 3.28. The predicted molar refractivity (Wildman–Crippen MR) is 82.9 cm³/mol. The highest BCUT2D eigenvalue weighted by molar-refractivity contribution is 5.79. The summed E-state index contributed by atoms with van der Waals surface area (Å²) in [5.41, 5.74) is 2.38. The van der Waals surface area contributed by atoms with Crippen molar-refractivity contribution >= 4 is 5.96 Å². The van der Waals surface area contributed by atoms with Crippen LogP contribution < -0.4 is 10.6 Å². The van der Waals surface area contributed by atoms with Gasteiger partial charge in [-0.15, -0.1) is 0 Å². The highest BCUT2D eigenvalue weighted by Crippen LogP contribution is 2.00. The molecule has 2 N–H and O–H groups in total. The Balaban J connectivity index is 1.67. The number of aliphatic imine (C=N–C) groups is 1. The molecule has 0 aliphatic rings. The second-order valence-corrected chi connectivity index (χ2v) is 4.92. The average Bonchev–Trinajstić information content (AvgIpc) is 3.07. The van der Waals surface area contributed by atoms with Gasteiger partial charge in [0.2, 0.25) is 0 Å². The largest absolute Gasteiger partial charge is 0.356 e. The zero-order valence-corrected chi connectivity index (χ0v) is 12.9. The first-order chi connectivity index (χ1) is 10.2. The summed E-state index contributed by atoms with van der Waals surface area (Å²) >= 11 is 0. The Hall–Kier alpha value is -2.31. The van der Waals surface area contributed by atoms with E-state index in [1.54, 1.807) is 13.2 Å². The standard InChI is InChI=1S/C14H23N7/c1-15-14(17-10-13-6-8-18-21(13)3)16-7-4-5-12-9-19-20(2)11-12/h6,8-9,11H,4-5,7,10H2,1-3H3,(H2,15,16,17). The molecule has 2 aromatic rings. The number of guanidine groups is 1. The lowest BCUT2D eigenvalue weighted by Gasteiger charge is -2.11. The van der Waals surface area contributed by atoms with Gasteiger partial charge in [-0.05, 0) is 24.5 Å². The molecule has 2 aromatic heterocycles. The van der Waals surface area contributed by atoms with Crippen LogP contribution in [-0.2, 0) is 27.1 Å². The summed E-state index contributed by atoms with van der Waals surface area (Å²) in [5.74, 6) is 0.808. The van der Waals surface area contributed by atoms with Crippen LogP contribution in [0.15, 0.2) is 29.6 Å². The van der Waals surface area contributed by atoms with Crippen molar-refractivity contribution in [3.05, 3.63) is 35.9 Å². The molecule has 0 aliphatic heterocycles. The van der Waals surface area contributed by atoms with Crippen LogP contribution in [0, 0.1) is 0 Å². The van der Waals surface area contributed by atoms with Gasteiger partial charge < -0.3 is 10.6 Å². The van der Waals surface area contributed by atoms with Gasteiger partial charge in [-0.2, -0.15) is 10.2 Å². The van der Waals surface area contributed by atoms with E-state index in [1.165, 1.54) is 5.56 Å². The first-order valence-electron chi connectivity index (χ1n) is 7.08. The van der Waals surface area contributed by atoms with E-state index in [-0.39, 0.29) is 0 Å². The van der Waals surface area contributed by atoms with Gasteiger partial charge in [0.1, 0.15) is 0 Å². The van der Waals surface area contributed by atoms with E-state index in [1.807, 2.05) is 35.7 Å². The minimum Gasteiger partial charge on any atom is -0.356 e. The highest BCUT2D eigenvalue weighted by atomic mass is 15.3. The first kappa shape index (κ1) is 15.1. The van der Waals surface area contributed by atoms with Crippen molar-refractivity contribution in [2.75, 3.05) is 13.6 Å². The fourth-order valence-corrected chi connectivity index (χ4v) is 2.07. The van der Waals surface area contributed by atoms with Crippen molar-refractivity contribution < 1.29 is 0 Å². The van der Waals surface area contributed by atoms with E-state index >= 15 is 0 Å². The quantitative estimate of drug-likeness (QED) is 0.460. The van der Waals surface area contributed by atoms with Gasteiger partial charge in [0.15, 0.2) is 5.96 Å². The molecular weight excluding hydrogens is 266 g/mol. The van der Waals surface area contributed by atoms with Crippen molar-refractivity contribution in [1.82, 2.24) is 30.2 Å². The molecule has 0 saturated carbocycles. The number of aromatic nitrogens is 4. The second kappa shape index (κ2) is 7.47. The zero-order chi connectivity index (χ0) is 15.1. The molecule has 0 amide bonds. The van der Waals surface area contributed by atoms with Crippen LogP contribution in [0.3, 0.4) is 0 Å². The van der Waals surface area contributed by atoms with Crippen molar-refractivity contribution in [2.45, 2.75) is 19.4 Å². The van der Waals surface area contributed by atoms with Crippen molar-refractivity contribution in [3.8, 4) is 0 Å². The first-order valence-corrected chi connectivity index (χ1v) is 7.08. The molecule has 0 radical (unpaired) electrons. The Labute approximate surface area is 125 Å². The molecule has 7 heteroatoms. The fourth-order valence-electron chi connectivity index (χ4n) is 2.07. The predicted octanol–water partition coefficient (Wildman–Crippen LogP) is 0.451. The molecule has 0 saturated heterocycles. The molecule has 0 spiro atoms. The Morgan fingerprint density at radius 3 is 2.76 bits per heavy atom. The summed E-state index contributed by atoms with van der Waals surface area (Å²) in [6.45, 7) is 1.58. The van der Waals surface area contributed by atoms with E-state index in [0.29, 0.717) is 6.54 Å². The van der Waals surface area contributed by atoms with Gasteiger partial charge >= 0.3 is 0 Å². The lowest BCUT2D eigenvalue weighted by Crippen LogP contribution is -2.37. The molecule has 2 rings (SSSR count). The molecule has 0 atom stereocenters. The maximum atomic E-state index is 4.21. The molecule has 0 aromatic carbocycles. The topological polar surface area (TPSA) is 72.1 Å². The van der Waals surface area contributed by atoms with Gasteiger partial charge in [-0.1, -0.05) is 0 Å². The number of nitrogens with one attached hydrogen (secondary N) is 2. The average molecular weight is 289 g/mol. The summed E-state index contributed by atoms with van der Waals surface area (Å²) in [6.07, 6.45) is 7.81.